The van der Waals surface area contributed by atoms with Crippen LogP contribution in [0.25, 0.3) is 0 Å². The van der Waals surface area contributed by atoms with E-state index in [2.05, 4.69) is 25.3 Å². The maximum Gasteiger partial charge on any atom is 0.251 e. The van der Waals surface area contributed by atoms with Crippen molar-refractivity contribution >= 4 is 5.82 Å². The second kappa shape index (κ2) is 5.61. The molecule has 3 N–H and O–H groups in total. The van der Waals surface area contributed by atoms with Crippen LogP contribution in [0, 0.1) is 6.92 Å². The summed E-state index contributed by atoms with van der Waals surface area (Å²) >= 11 is 0. The third kappa shape index (κ3) is 3.25. The Morgan fingerprint density at radius 2 is 2.19 bits per heavy atom. The lowest BCUT2D eigenvalue weighted by atomic mass is 9.80. The summed E-state index contributed by atoms with van der Waals surface area (Å²) in [6.45, 7) is 2.17. The van der Waals surface area contributed by atoms with Crippen LogP contribution < -0.4 is 10.9 Å². The van der Waals surface area contributed by atoms with E-state index < -0.39 is 0 Å². The molecule has 2 aromatic rings. The van der Waals surface area contributed by atoms with Crippen molar-refractivity contribution in [2.75, 3.05) is 5.32 Å². The van der Waals surface area contributed by atoms with Gasteiger partial charge in [0.1, 0.15) is 18.0 Å². The van der Waals surface area contributed by atoms with Gasteiger partial charge in [0.2, 0.25) is 0 Å². The summed E-state index contributed by atoms with van der Waals surface area (Å²) in [4.78, 5) is 26.6. The lowest BCUT2D eigenvalue weighted by Gasteiger charge is -2.30. The Balaban J connectivity index is 1.67. The van der Waals surface area contributed by atoms with Crippen LogP contribution in [0.4, 0.5) is 5.82 Å². The van der Waals surface area contributed by atoms with Crippen LogP contribution in [0.5, 0.6) is 0 Å². The van der Waals surface area contributed by atoms with E-state index in [0.717, 1.165) is 18.5 Å². The van der Waals surface area contributed by atoms with Crippen LogP contribution in [-0.4, -0.2) is 31.1 Å². The van der Waals surface area contributed by atoms with Gasteiger partial charge in [0, 0.05) is 23.7 Å². The number of rotatable bonds is 4. The molecule has 3 rings (SSSR count). The van der Waals surface area contributed by atoms with E-state index in [1.165, 1.54) is 12.4 Å². The quantitative estimate of drug-likeness (QED) is 0.765. The summed E-state index contributed by atoms with van der Waals surface area (Å²) in [5.41, 5.74) is 1.44. The van der Waals surface area contributed by atoms with Crippen molar-refractivity contribution in [1.82, 2.24) is 19.9 Å². The molecule has 0 amide bonds. The molecule has 1 fully saturated rings. The second-order valence-corrected chi connectivity index (χ2v) is 5.33. The van der Waals surface area contributed by atoms with E-state index in [1.54, 1.807) is 6.92 Å². The van der Waals surface area contributed by atoms with Gasteiger partial charge in [-0.05, 0) is 19.8 Å². The van der Waals surface area contributed by atoms with Crippen LogP contribution in [0.15, 0.2) is 23.3 Å². The highest BCUT2D eigenvalue weighted by Crippen LogP contribution is 2.35. The molecule has 7 heteroatoms. The van der Waals surface area contributed by atoms with E-state index in [1.807, 2.05) is 6.07 Å². The molecule has 1 saturated carbocycles. The molecule has 0 aromatic carbocycles. The molecule has 0 spiro atoms. The number of H-pyrrole nitrogens is 1. The van der Waals surface area contributed by atoms with Crippen molar-refractivity contribution in [3.63, 3.8) is 0 Å². The lowest BCUT2D eigenvalue weighted by molar-refractivity contribution is 0.0732. The van der Waals surface area contributed by atoms with E-state index in [9.17, 15) is 9.90 Å². The minimum atomic E-state index is -0.204. The number of aliphatic hydroxyl groups excluding tert-OH is 1. The number of hydrogen-bond donors (Lipinski definition) is 3. The zero-order chi connectivity index (χ0) is 14.8. The molecule has 7 nitrogen and oxygen atoms in total. The molecule has 0 unspecified atom stereocenters. The Bertz CT molecular complexity index is 694. The summed E-state index contributed by atoms with van der Waals surface area (Å²) in [7, 11) is 0. The summed E-state index contributed by atoms with van der Waals surface area (Å²) in [5.74, 6) is 1.59. The SMILES string of the molecule is Cc1nc(CNc2cc(C3CC(O)C3)ncn2)cc(=O)[nH]1. The highest BCUT2D eigenvalue weighted by molar-refractivity contribution is 5.36. The minimum absolute atomic E-state index is 0.161. The first-order chi connectivity index (χ1) is 10.1. The van der Waals surface area contributed by atoms with Crippen molar-refractivity contribution in [1.29, 1.82) is 0 Å². The molecule has 2 aromatic heterocycles. The fourth-order valence-electron chi connectivity index (χ4n) is 2.43. The average molecular weight is 287 g/mol. The van der Waals surface area contributed by atoms with Crippen molar-refractivity contribution in [2.24, 2.45) is 0 Å². The fraction of sp³-hybridized carbons (Fsp3) is 0.429. The molecule has 110 valence electrons. The van der Waals surface area contributed by atoms with Gasteiger partial charge in [-0.15, -0.1) is 0 Å². The van der Waals surface area contributed by atoms with E-state index in [-0.39, 0.29) is 11.7 Å². The number of anilines is 1. The lowest BCUT2D eigenvalue weighted by Crippen LogP contribution is -2.27. The molecule has 0 radical (unpaired) electrons. The molecular weight excluding hydrogens is 270 g/mol. The van der Waals surface area contributed by atoms with Gasteiger partial charge in [0.25, 0.3) is 5.56 Å². The van der Waals surface area contributed by atoms with Crippen molar-refractivity contribution in [3.05, 3.63) is 46.0 Å². The Morgan fingerprint density at radius 3 is 2.90 bits per heavy atom. The molecule has 21 heavy (non-hydrogen) atoms. The fourth-order valence-corrected chi connectivity index (χ4v) is 2.43. The molecule has 2 heterocycles. The average Bonchev–Trinajstić information content (AvgIpc) is 2.41. The third-order valence-corrected chi connectivity index (χ3v) is 3.58. The maximum absolute atomic E-state index is 11.4. The Morgan fingerprint density at radius 1 is 1.38 bits per heavy atom. The first kappa shape index (κ1) is 13.7. The van der Waals surface area contributed by atoms with Gasteiger partial charge in [-0.25, -0.2) is 15.0 Å². The van der Waals surface area contributed by atoms with Gasteiger partial charge in [0.05, 0.1) is 18.3 Å². The highest BCUT2D eigenvalue weighted by atomic mass is 16.3. The van der Waals surface area contributed by atoms with Crippen LogP contribution in [0.2, 0.25) is 0 Å². The second-order valence-electron chi connectivity index (χ2n) is 5.33. The van der Waals surface area contributed by atoms with Gasteiger partial charge in [-0.3, -0.25) is 4.79 Å². The van der Waals surface area contributed by atoms with Crippen LogP contribution >= 0.6 is 0 Å². The number of hydrogen-bond acceptors (Lipinski definition) is 6. The van der Waals surface area contributed by atoms with Crippen LogP contribution in [0.1, 0.15) is 36.0 Å². The van der Waals surface area contributed by atoms with Gasteiger partial charge < -0.3 is 15.4 Å². The molecule has 1 aliphatic rings. The number of aromatic nitrogens is 4. The first-order valence-electron chi connectivity index (χ1n) is 6.91. The molecular formula is C14H17N5O2. The molecule has 0 saturated heterocycles. The van der Waals surface area contributed by atoms with Gasteiger partial charge in [-0.2, -0.15) is 0 Å². The number of nitrogens with zero attached hydrogens (tertiary/aromatic N) is 3. The number of aryl methyl sites for hydroxylation is 1. The highest BCUT2D eigenvalue weighted by Gasteiger charge is 2.29. The van der Waals surface area contributed by atoms with Crippen LogP contribution in [-0.2, 0) is 6.54 Å². The molecule has 0 atom stereocenters. The first-order valence-corrected chi connectivity index (χ1v) is 6.91. The predicted molar refractivity (Wildman–Crippen MR) is 76.9 cm³/mol. The molecule has 0 aliphatic heterocycles. The third-order valence-electron chi connectivity index (χ3n) is 3.58. The molecule has 1 aliphatic carbocycles. The van der Waals surface area contributed by atoms with Crippen molar-refractivity contribution < 1.29 is 5.11 Å². The monoisotopic (exact) mass is 287 g/mol. The Labute approximate surface area is 121 Å². The van der Waals surface area contributed by atoms with E-state index in [0.29, 0.717) is 29.8 Å². The van der Waals surface area contributed by atoms with Crippen molar-refractivity contribution in [2.45, 2.75) is 38.3 Å². The zero-order valence-electron chi connectivity index (χ0n) is 11.7. The summed E-state index contributed by atoms with van der Waals surface area (Å²) in [5, 5.41) is 12.5. The summed E-state index contributed by atoms with van der Waals surface area (Å²) in [6.07, 6.45) is 2.82. The summed E-state index contributed by atoms with van der Waals surface area (Å²) in [6, 6.07) is 3.35. The Hall–Kier alpha value is -2.28. The topological polar surface area (TPSA) is 104 Å². The number of aromatic amines is 1. The van der Waals surface area contributed by atoms with Gasteiger partial charge in [0.15, 0.2) is 0 Å². The van der Waals surface area contributed by atoms with Crippen molar-refractivity contribution in [3.8, 4) is 0 Å². The maximum atomic E-state index is 11.4. The normalized spacial score (nSPS) is 20.9. The number of nitrogens with one attached hydrogen (secondary N) is 2. The van der Waals surface area contributed by atoms with E-state index in [4.69, 9.17) is 0 Å². The largest absolute Gasteiger partial charge is 0.393 e. The van der Waals surface area contributed by atoms with Crippen LogP contribution in [0.3, 0.4) is 0 Å². The molecule has 0 bridgehead atoms. The number of aliphatic hydroxyl groups is 1. The Kier molecular flexibility index (Phi) is 3.66. The van der Waals surface area contributed by atoms with Gasteiger partial charge >= 0.3 is 0 Å². The minimum Gasteiger partial charge on any atom is -0.393 e. The summed E-state index contributed by atoms with van der Waals surface area (Å²) < 4.78 is 0. The zero-order valence-corrected chi connectivity index (χ0v) is 11.7. The smallest absolute Gasteiger partial charge is 0.251 e. The predicted octanol–water partition coefficient (Wildman–Crippen LogP) is 0.719. The van der Waals surface area contributed by atoms with E-state index >= 15 is 0 Å². The standard InChI is InChI=1S/C14H17N5O2/c1-8-18-10(4-14(21)19-8)6-15-13-5-12(16-7-17-13)9-2-11(20)3-9/h4-5,7,9,11,20H,2-3,6H2,1H3,(H,15,16,17)(H,18,19,21). The van der Waals surface area contributed by atoms with Gasteiger partial charge in [-0.1, -0.05) is 0 Å².